The third kappa shape index (κ3) is 11.2. The van der Waals surface area contributed by atoms with Crippen LogP contribution in [0.4, 0.5) is 18.9 Å². The number of ketones is 1. The van der Waals surface area contributed by atoms with E-state index in [-0.39, 0.29) is 11.9 Å². The zero-order valence-corrected chi connectivity index (χ0v) is 22.3. The quantitative estimate of drug-likeness (QED) is 0.397. The number of terminal acetylenes is 1. The molecule has 0 aromatic heterocycles. The fraction of sp³-hybridized carbons (Fsp3) is 0.483. The Balaban J connectivity index is 0.000000343. The van der Waals surface area contributed by atoms with E-state index in [0.717, 1.165) is 41.7 Å². The molecule has 0 bridgehead atoms. The number of benzene rings is 2. The number of aryl methyl sites for hydroxylation is 2. The van der Waals surface area contributed by atoms with Crippen LogP contribution in [0.25, 0.3) is 0 Å². The SMILES string of the molecule is C#CO.CCC(CCOC)C1CC(=O)c2cc(C)ccc2O1.CCc1ccc(N(C)CC(F)(F)F)cc1. The van der Waals surface area contributed by atoms with Gasteiger partial charge in [0, 0.05) is 32.9 Å². The third-order valence-electron chi connectivity index (χ3n) is 6.05. The Morgan fingerprint density at radius 1 is 1.22 bits per heavy atom. The van der Waals surface area contributed by atoms with Crippen LogP contribution in [-0.2, 0) is 11.2 Å². The number of nitrogens with zero attached hydrogens (tertiary/aromatic N) is 1. The van der Waals surface area contributed by atoms with Crippen LogP contribution in [0.15, 0.2) is 42.5 Å². The standard InChI is InChI=1S/C16H22O3.C11H14F3N.C2H2O/c1-4-12(7-8-18-3)16-10-14(17)13-9-11(2)5-6-15(13)19-16;1-3-9-4-6-10(7-5-9)15(2)8-11(12,13)14;1-2-3/h5-6,9,12,16H,4,7-8,10H2,1-3H3;4-7H,3,8H2,1-2H3;1,3H. The summed E-state index contributed by atoms with van der Waals surface area (Å²) in [5.74, 6) is 1.31. The molecule has 8 heteroatoms. The minimum atomic E-state index is -4.15. The summed E-state index contributed by atoms with van der Waals surface area (Å²) in [6.07, 6.45) is 4.55. The number of hydrogen-bond donors (Lipinski definition) is 1. The van der Waals surface area contributed by atoms with Gasteiger partial charge in [0.15, 0.2) is 5.78 Å². The molecule has 5 nitrogen and oxygen atoms in total. The van der Waals surface area contributed by atoms with Crippen molar-refractivity contribution < 1.29 is 32.5 Å². The predicted octanol–water partition coefficient (Wildman–Crippen LogP) is 6.59. The molecule has 1 aliphatic rings. The van der Waals surface area contributed by atoms with Gasteiger partial charge >= 0.3 is 6.18 Å². The number of methoxy groups -OCH3 is 1. The lowest BCUT2D eigenvalue weighted by molar-refractivity contribution is -0.119. The first-order valence-electron chi connectivity index (χ1n) is 12.2. The second-order valence-electron chi connectivity index (χ2n) is 8.85. The Morgan fingerprint density at radius 2 is 1.84 bits per heavy atom. The van der Waals surface area contributed by atoms with Crippen molar-refractivity contribution in [2.75, 3.05) is 32.2 Å². The van der Waals surface area contributed by atoms with Crippen LogP contribution < -0.4 is 9.64 Å². The molecule has 0 radical (unpaired) electrons. The van der Waals surface area contributed by atoms with Crippen LogP contribution in [0.3, 0.4) is 0 Å². The maximum atomic E-state index is 12.2. The molecule has 0 saturated carbocycles. The molecule has 3 rings (SSSR count). The van der Waals surface area contributed by atoms with Gasteiger partial charge in [0.1, 0.15) is 24.5 Å². The number of rotatable bonds is 8. The summed E-state index contributed by atoms with van der Waals surface area (Å²) in [5, 5.41) is 7.10. The molecule has 2 atom stereocenters. The molecule has 0 saturated heterocycles. The molecule has 2 aromatic carbocycles. The molecule has 2 aromatic rings. The number of carbonyl (C=O) groups is 1. The monoisotopic (exact) mass is 521 g/mol. The molecule has 204 valence electrons. The number of fused-ring (bicyclic) bond motifs is 1. The molecule has 1 heterocycles. The highest BCUT2D eigenvalue weighted by molar-refractivity contribution is 6.00. The second kappa shape index (κ2) is 15.8. The number of Topliss-reactive ketones (excluding diaryl/α,β-unsaturated/α-hetero) is 1. The maximum Gasteiger partial charge on any atom is 0.405 e. The first kappa shape index (κ1) is 31.8. The van der Waals surface area contributed by atoms with E-state index in [9.17, 15) is 18.0 Å². The molecule has 0 spiro atoms. The van der Waals surface area contributed by atoms with Gasteiger partial charge in [-0.25, -0.2) is 0 Å². The topological polar surface area (TPSA) is 59.0 Å². The summed E-state index contributed by atoms with van der Waals surface area (Å²) in [6, 6.07) is 13.0. The Bertz CT molecular complexity index is 1000. The van der Waals surface area contributed by atoms with E-state index < -0.39 is 12.7 Å². The molecule has 0 aliphatic carbocycles. The lowest BCUT2D eigenvalue weighted by Gasteiger charge is -2.31. The summed E-state index contributed by atoms with van der Waals surface area (Å²) >= 11 is 0. The van der Waals surface area contributed by atoms with Gasteiger partial charge in [-0.2, -0.15) is 13.2 Å². The van der Waals surface area contributed by atoms with Crippen LogP contribution in [0.2, 0.25) is 0 Å². The highest BCUT2D eigenvalue weighted by Gasteiger charge is 2.31. The van der Waals surface area contributed by atoms with Gasteiger partial charge in [0.05, 0.1) is 5.56 Å². The zero-order valence-electron chi connectivity index (χ0n) is 22.3. The first-order chi connectivity index (χ1) is 17.5. The minimum absolute atomic E-state index is 0.0112. The molecule has 1 N–H and O–H groups in total. The number of carbonyl (C=O) groups excluding carboxylic acids is 1. The fourth-order valence-electron chi connectivity index (χ4n) is 3.99. The number of alkyl halides is 3. The van der Waals surface area contributed by atoms with Crippen LogP contribution in [0.1, 0.15) is 54.6 Å². The molecule has 1 aliphatic heterocycles. The Labute approximate surface area is 218 Å². The molecular weight excluding hydrogens is 483 g/mol. The van der Waals surface area contributed by atoms with Gasteiger partial charge in [-0.1, -0.05) is 44.0 Å². The molecular formula is C29H38F3NO4. The summed E-state index contributed by atoms with van der Waals surface area (Å²) in [5.41, 5.74) is 3.54. The Kier molecular flexibility index (Phi) is 13.6. The van der Waals surface area contributed by atoms with Crippen LogP contribution in [0.5, 0.6) is 5.75 Å². The summed E-state index contributed by atoms with van der Waals surface area (Å²) in [4.78, 5) is 13.4. The fourth-order valence-corrected chi connectivity index (χ4v) is 3.99. The minimum Gasteiger partial charge on any atom is -0.489 e. The van der Waals surface area contributed by atoms with Crippen molar-refractivity contribution in [3.05, 3.63) is 59.2 Å². The largest absolute Gasteiger partial charge is 0.489 e. The number of hydrogen-bond acceptors (Lipinski definition) is 5. The van der Waals surface area contributed by atoms with E-state index in [0.29, 0.717) is 24.6 Å². The van der Waals surface area contributed by atoms with Crippen LogP contribution in [0, 0.1) is 25.4 Å². The van der Waals surface area contributed by atoms with E-state index in [1.807, 2.05) is 44.2 Å². The van der Waals surface area contributed by atoms with Crippen molar-refractivity contribution in [3.8, 4) is 18.3 Å². The third-order valence-corrected chi connectivity index (χ3v) is 6.05. The average Bonchev–Trinajstić information content (AvgIpc) is 2.85. The maximum absolute atomic E-state index is 12.2. The zero-order chi connectivity index (χ0) is 28.0. The number of anilines is 1. The van der Waals surface area contributed by atoms with Crippen molar-refractivity contribution in [1.82, 2.24) is 0 Å². The van der Waals surface area contributed by atoms with Crippen LogP contribution >= 0.6 is 0 Å². The smallest absolute Gasteiger partial charge is 0.405 e. The van der Waals surface area contributed by atoms with Gasteiger partial charge in [-0.05, 0) is 61.9 Å². The van der Waals surface area contributed by atoms with Crippen LogP contribution in [-0.4, -0.2) is 50.5 Å². The highest BCUT2D eigenvalue weighted by Crippen LogP contribution is 2.33. The summed E-state index contributed by atoms with van der Waals surface area (Å²) in [6.45, 7) is 5.94. The van der Waals surface area contributed by atoms with Gasteiger partial charge in [0.25, 0.3) is 0 Å². The number of ether oxygens (including phenoxy) is 2. The van der Waals surface area contributed by atoms with Gasteiger partial charge in [0.2, 0.25) is 0 Å². The first-order valence-corrected chi connectivity index (χ1v) is 12.2. The normalized spacial score (nSPS) is 15.0. The van der Waals surface area contributed by atoms with Crippen molar-refractivity contribution in [2.24, 2.45) is 5.92 Å². The number of aliphatic hydroxyl groups is 1. The van der Waals surface area contributed by atoms with E-state index in [4.69, 9.17) is 14.6 Å². The predicted molar refractivity (Wildman–Crippen MR) is 141 cm³/mol. The van der Waals surface area contributed by atoms with Crippen molar-refractivity contribution in [2.45, 2.75) is 58.7 Å². The molecule has 2 unspecified atom stereocenters. The van der Waals surface area contributed by atoms with Gasteiger partial charge < -0.3 is 19.5 Å². The Morgan fingerprint density at radius 3 is 2.35 bits per heavy atom. The van der Waals surface area contributed by atoms with Gasteiger partial charge in [-0.15, -0.1) is 0 Å². The lowest BCUT2D eigenvalue weighted by Crippen LogP contribution is -2.34. The number of aliphatic hydroxyl groups excluding tert-OH is 1. The molecule has 37 heavy (non-hydrogen) atoms. The average molecular weight is 522 g/mol. The molecule has 0 fully saturated rings. The van der Waals surface area contributed by atoms with E-state index in [2.05, 4.69) is 13.3 Å². The summed E-state index contributed by atoms with van der Waals surface area (Å²) in [7, 11) is 3.14. The Hall–Kier alpha value is -3.18. The lowest BCUT2D eigenvalue weighted by atomic mass is 9.88. The van der Waals surface area contributed by atoms with Gasteiger partial charge in [-0.3, -0.25) is 4.79 Å². The van der Waals surface area contributed by atoms with Crippen molar-refractivity contribution >= 4 is 11.5 Å². The van der Waals surface area contributed by atoms with Crippen molar-refractivity contribution in [3.63, 3.8) is 0 Å². The molecule has 0 amide bonds. The van der Waals surface area contributed by atoms with E-state index in [1.165, 1.54) is 18.1 Å². The van der Waals surface area contributed by atoms with Crippen molar-refractivity contribution in [1.29, 1.82) is 0 Å². The summed E-state index contributed by atoms with van der Waals surface area (Å²) < 4.78 is 47.5. The van der Waals surface area contributed by atoms with E-state index >= 15 is 0 Å². The highest BCUT2D eigenvalue weighted by atomic mass is 19.4. The van der Waals surface area contributed by atoms with E-state index in [1.54, 1.807) is 19.2 Å². The number of halogens is 3. The second-order valence-corrected chi connectivity index (χ2v) is 8.85.